The van der Waals surface area contributed by atoms with Gasteiger partial charge in [-0.15, -0.1) is 11.3 Å². The highest BCUT2D eigenvalue weighted by Gasteiger charge is 2.37. The number of ether oxygens (including phenoxy) is 1. The van der Waals surface area contributed by atoms with E-state index in [1.807, 2.05) is 6.92 Å². The van der Waals surface area contributed by atoms with E-state index in [1.165, 1.54) is 30.6 Å². The molecule has 4 nitrogen and oxygen atoms in total. The molecule has 0 radical (unpaired) electrons. The summed E-state index contributed by atoms with van der Waals surface area (Å²) < 4.78 is 32.7. The lowest BCUT2D eigenvalue weighted by molar-refractivity contribution is 0.0229. The molecule has 1 heterocycles. The van der Waals surface area contributed by atoms with E-state index in [4.69, 9.17) is 4.74 Å². The Bertz CT molecular complexity index is 787. The molecule has 0 saturated heterocycles. The van der Waals surface area contributed by atoms with E-state index >= 15 is 0 Å². The Morgan fingerprint density at radius 2 is 2.08 bits per heavy atom. The highest BCUT2D eigenvalue weighted by Crippen LogP contribution is 2.39. The van der Waals surface area contributed by atoms with Gasteiger partial charge in [0.25, 0.3) is 5.91 Å². The smallest absolute Gasteiger partial charge is 0.265 e. The molecule has 25 heavy (non-hydrogen) atoms. The lowest BCUT2D eigenvalue weighted by Gasteiger charge is -2.38. The van der Waals surface area contributed by atoms with Gasteiger partial charge in [-0.1, -0.05) is 6.07 Å². The maximum atomic E-state index is 14.2. The van der Waals surface area contributed by atoms with Gasteiger partial charge in [-0.05, 0) is 37.8 Å². The molecule has 1 saturated carbocycles. The summed E-state index contributed by atoms with van der Waals surface area (Å²) in [6.45, 7) is 1.86. The first-order valence-electron chi connectivity index (χ1n) is 7.97. The van der Waals surface area contributed by atoms with Crippen molar-refractivity contribution in [2.75, 3.05) is 7.11 Å². The van der Waals surface area contributed by atoms with Gasteiger partial charge in [0.15, 0.2) is 0 Å². The second-order valence-electron chi connectivity index (χ2n) is 6.26. The van der Waals surface area contributed by atoms with Gasteiger partial charge in [-0.25, -0.2) is 8.78 Å². The fourth-order valence-corrected chi connectivity index (χ4v) is 4.00. The Hall–Kier alpha value is -1.99. The van der Waals surface area contributed by atoms with Crippen molar-refractivity contribution in [3.63, 3.8) is 0 Å². The molecule has 2 aromatic rings. The first-order valence-corrected chi connectivity index (χ1v) is 8.79. The first-order chi connectivity index (χ1) is 11.9. The van der Waals surface area contributed by atoms with Crippen LogP contribution in [0.25, 0.3) is 0 Å². The number of aliphatic hydroxyl groups excluding tert-OH is 1. The van der Waals surface area contributed by atoms with Crippen LogP contribution in [0.15, 0.2) is 24.3 Å². The van der Waals surface area contributed by atoms with Gasteiger partial charge < -0.3 is 15.2 Å². The highest BCUT2D eigenvalue weighted by molar-refractivity contribution is 7.14. The molecule has 1 aromatic carbocycles. The SMILES string of the molecule is COc1cc(C)sc1C(=O)N[C@@H](c1ccc(F)cc1F)C1CC(O)C1. The number of hydrogen-bond acceptors (Lipinski definition) is 4. The van der Waals surface area contributed by atoms with E-state index in [0.29, 0.717) is 23.5 Å². The minimum absolute atomic E-state index is 0.106. The molecule has 1 aliphatic rings. The number of nitrogens with one attached hydrogen (secondary N) is 1. The molecule has 0 spiro atoms. The summed E-state index contributed by atoms with van der Waals surface area (Å²) in [5.41, 5.74) is 0.221. The van der Waals surface area contributed by atoms with Gasteiger partial charge >= 0.3 is 0 Å². The average molecular weight is 367 g/mol. The first kappa shape index (κ1) is 17.8. The fourth-order valence-electron chi connectivity index (χ4n) is 3.11. The molecule has 7 heteroatoms. The quantitative estimate of drug-likeness (QED) is 0.849. The molecule has 3 rings (SSSR count). The van der Waals surface area contributed by atoms with Crippen molar-refractivity contribution in [1.29, 1.82) is 0 Å². The minimum atomic E-state index is -0.707. The third kappa shape index (κ3) is 3.67. The Kier molecular flexibility index (Phi) is 5.06. The zero-order chi connectivity index (χ0) is 18.1. The number of methoxy groups -OCH3 is 1. The standard InChI is InChI=1S/C18H19F2NO3S/c1-9-5-15(24-2)17(25-9)18(23)21-16(10-6-12(22)7-10)13-4-3-11(19)8-14(13)20/h3-5,8,10,12,16,22H,6-7H2,1-2H3,(H,21,23)/t10?,12?,16-/m1/s1. The fraction of sp³-hybridized carbons (Fsp3) is 0.389. The Labute approximate surface area is 148 Å². The number of amides is 1. The van der Waals surface area contributed by atoms with Gasteiger partial charge in [-0.2, -0.15) is 0 Å². The molecular weight excluding hydrogens is 348 g/mol. The second kappa shape index (κ2) is 7.09. The number of halogens is 2. The third-order valence-electron chi connectivity index (χ3n) is 4.45. The summed E-state index contributed by atoms with van der Waals surface area (Å²) in [6, 6.07) is 4.45. The van der Waals surface area contributed by atoms with Crippen molar-refractivity contribution in [3.05, 3.63) is 51.2 Å². The zero-order valence-corrected chi connectivity index (χ0v) is 14.7. The number of hydrogen-bond donors (Lipinski definition) is 2. The summed E-state index contributed by atoms with van der Waals surface area (Å²) >= 11 is 1.29. The van der Waals surface area contributed by atoms with Crippen molar-refractivity contribution in [2.24, 2.45) is 5.92 Å². The van der Waals surface area contributed by atoms with Crippen molar-refractivity contribution < 1.29 is 23.4 Å². The summed E-state index contributed by atoms with van der Waals surface area (Å²) in [7, 11) is 1.48. The molecular formula is C18H19F2NO3S. The molecule has 1 fully saturated rings. The largest absolute Gasteiger partial charge is 0.495 e. The number of thiophene rings is 1. The van der Waals surface area contributed by atoms with Crippen LogP contribution >= 0.6 is 11.3 Å². The minimum Gasteiger partial charge on any atom is -0.495 e. The van der Waals surface area contributed by atoms with E-state index in [2.05, 4.69) is 5.32 Å². The highest BCUT2D eigenvalue weighted by atomic mass is 32.1. The second-order valence-corrected chi connectivity index (χ2v) is 7.51. The van der Waals surface area contributed by atoms with Crippen LogP contribution in [0.2, 0.25) is 0 Å². The Morgan fingerprint density at radius 1 is 1.36 bits per heavy atom. The van der Waals surface area contributed by atoms with E-state index in [0.717, 1.165) is 10.9 Å². The van der Waals surface area contributed by atoms with E-state index < -0.39 is 23.8 Å². The van der Waals surface area contributed by atoms with Crippen molar-refractivity contribution in [3.8, 4) is 5.75 Å². The van der Waals surface area contributed by atoms with E-state index in [9.17, 15) is 18.7 Å². The summed E-state index contributed by atoms with van der Waals surface area (Å²) in [4.78, 5) is 14.0. The maximum Gasteiger partial charge on any atom is 0.265 e. The molecule has 1 aliphatic carbocycles. The van der Waals surface area contributed by atoms with Gasteiger partial charge in [0.05, 0.1) is 19.3 Å². The number of aliphatic hydroxyl groups is 1. The molecule has 0 unspecified atom stereocenters. The van der Waals surface area contributed by atoms with E-state index in [1.54, 1.807) is 6.07 Å². The number of carbonyl (C=O) groups excluding carboxylic acids is 1. The van der Waals surface area contributed by atoms with Crippen LogP contribution in [0.5, 0.6) is 5.75 Å². The normalized spacial score (nSPS) is 20.7. The molecule has 0 bridgehead atoms. The number of aryl methyl sites for hydroxylation is 1. The lowest BCUT2D eigenvalue weighted by Crippen LogP contribution is -2.41. The van der Waals surface area contributed by atoms with Crippen LogP contribution in [0.1, 0.15) is 39.0 Å². The predicted octanol–water partition coefficient (Wildman–Crippen LogP) is 3.59. The average Bonchev–Trinajstić information content (AvgIpc) is 2.91. The third-order valence-corrected chi connectivity index (χ3v) is 5.48. The topological polar surface area (TPSA) is 58.6 Å². The van der Waals surface area contributed by atoms with Gasteiger partial charge in [0.2, 0.25) is 0 Å². The van der Waals surface area contributed by atoms with Gasteiger partial charge in [-0.3, -0.25) is 4.79 Å². The molecule has 1 atom stereocenters. The number of rotatable bonds is 5. The molecule has 0 aliphatic heterocycles. The lowest BCUT2D eigenvalue weighted by atomic mass is 9.75. The van der Waals surface area contributed by atoms with Crippen LogP contribution in [-0.4, -0.2) is 24.2 Å². The van der Waals surface area contributed by atoms with Crippen molar-refractivity contribution in [2.45, 2.75) is 31.9 Å². The molecule has 134 valence electrons. The zero-order valence-electron chi connectivity index (χ0n) is 13.9. The number of carbonyl (C=O) groups is 1. The van der Waals surface area contributed by atoms with Crippen LogP contribution in [0, 0.1) is 24.5 Å². The molecule has 2 N–H and O–H groups in total. The Morgan fingerprint density at radius 3 is 2.68 bits per heavy atom. The monoisotopic (exact) mass is 367 g/mol. The van der Waals surface area contributed by atoms with Crippen LogP contribution in [-0.2, 0) is 0 Å². The van der Waals surface area contributed by atoms with Crippen molar-refractivity contribution >= 4 is 17.2 Å². The molecule has 1 amide bonds. The Balaban J connectivity index is 1.88. The number of benzene rings is 1. The maximum absolute atomic E-state index is 14.2. The summed E-state index contributed by atoms with van der Waals surface area (Å²) in [6.07, 6.45) is 0.469. The van der Waals surface area contributed by atoms with E-state index in [-0.39, 0.29) is 17.4 Å². The van der Waals surface area contributed by atoms with Gasteiger partial charge in [0.1, 0.15) is 22.3 Å². The summed E-state index contributed by atoms with van der Waals surface area (Å²) in [5.74, 6) is -1.39. The van der Waals surface area contributed by atoms with Gasteiger partial charge in [0, 0.05) is 16.5 Å². The predicted molar refractivity (Wildman–Crippen MR) is 90.9 cm³/mol. The molecule has 1 aromatic heterocycles. The summed E-state index contributed by atoms with van der Waals surface area (Å²) in [5, 5.41) is 12.4. The van der Waals surface area contributed by atoms with Crippen molar-refractivity contribution in [1.82, 2.24) is 5.32 Å². The van der Waals surface area contributed by atoms with Crippen LogP contribution < -0.4 is 10.1 Å². The van der Waals surface area contributed by atoms with Crippen LogP contribution in [0.3, 0.4) is 0 Å². The van der Waals surface area contributed by atoms with Crippen LogP contribution in [0.4, 0.5) is 8.78 Å².